The predicted molar refractivity (Wildman–Crippen MR) is 102 cm³/mol. The Kier molecular flexibility index (Phi) is 5.88. The zero-order valence-corrected chi connectivity index (χ0v) is 16.3. The highest BCUT2D eigenvalue weighted by atomic mass is 35.5. The van der Waals surface area contributed by atoms with E-state index in [0.717, 1.165) is 23.3 Å². The Bertz CT molecular complexity index is 820. The molecule has 9 heteroatoms. The molecule has 28 heavy (non-hydrogen) atoms. The van der Waals surface area contributed by atoms with Crippen molar-refractivity contribution < 1.29 is 23.9 Å². The van der Waals surface area contributed by atoms with Gasteiger partial charge in [-0.15, -0.1) is 0 Å². The first-order chi connectivity index (χ1) is 13.3. The summed E-state index contributed by atoms with van der Waals surface area (Å²) in [5.74, 6) is -1.44. The van der Waals surface area contributed by atoms with Crippen LogP contribution >= 0.6 is 11.6 Å². The van der Waals surface area contributed by atoms with Gasteiger partial charge >= 0.3 is 12.0 Å². The summed E-state index contributed by atoms with van der Waals surface area (Å²) in [6, 6.07) is 4.60. The number of nitrogens with one attached hydrogen (secondary N) is 2. The standard InChI is InChI=1S/C19H22ClN3O5/c1-12-4-5-13(20)10-14(12)21-15(24)11-28-16(25)6-9-23-17(26)19(22-18(23)27)7-2-3-8-19/h4-5,10H,2-3,6-9,11H2,1H3,(H,21,24)(H,22,27). The monoisotopic (exact) mass is 407 g/mol. The van der Waals surface area contributed by atoms with Crippen LogP contribution in [-0.2, 0) is 19.1 Å². The highest BCUT2D eigenvalue weighted by molar-refractivity contribution is 6.31. The Morgan fingerprint density at radius 1 is 1.29 bits per heavy atom. The van der Waals surface area contributed by atoms with E-state index in [2.05, 4.69) is 10.6 Å². The third-order valence-corrected chi connectivity index (χ3v) is 5.32. The molecule has 8 nitrogen and oxygen atoms in total. The molecule has 3 rings (SSSR count). The van der Waals surface area contributed by atoms with E-state index in [1.165, 1.54) is 0 Å². The summed E-state index contributed by atoms with van der Waals surface area (Å²) in [5.41, 5.74) is 0.564. The minimum Gasteiger partial charge on any atom is -0.456 e. The number of amides is 4. The van der Waals surface area contributed by atoms with Gasteiger partial charge in [0, 0.05) is 17.3 Å². The van der Waals surface area contributed by atoms with Crippen molar-refractivity contribution in [3.8, 4) is 0 Å². The molecule has 1 aliphatic heterocycles. The van der Waals surface area contributed by atoms with E-state index < -0.39 is 30.1 Å². The van der Waals surface area contributed by atoms with Gasteiger partial charge in [-0.25, -0.2) is 4.79 Å². The SMILES string of the molecule is Cc1ccc(Cl)cc1NC(=O)COC(=O)CCN1C(=O)NC2(CCCC2)C1=O. The fraction of sp³-hybridized carbons (Fsp3) is 0.474. The van der Waals surface area contributed by atoms with Crippen molar-refractivity contribution in [3.63, 3.8) is 0 Å². The molecule has 0 unspecified atom stereocenters. The second-order valence-corrected chi connectivity index (χ2v) is 7.53. The van der Waals surface area contributed by atoms with Crippen molar-refractivity contribution in [2.24, 2.45) is 0 Å². The molecular weight excluding hydrogens is 386 g/mol. The molecule has 0 radical (unpaired) electrons. The summed E-state index contributed by atoms with van der Waals surface area (Å²) in [5, 5.41) is 5.85. The van der Waals surface area contributed by atoms with E-state index in [0.29, 0.717) is 23.6 Å². The van der Waals surface area contributed by atoms with Crippen molar-refractivity contribution in [3.05, 3.63) is 28.8 Å². The number of ether oxygens (including phenoxy) is 1. The Hall–Kier alpha value is -2.61. The number of carbonyl (C=O) groups excluding carboxylic acids is 4. The average Bonchev–Trinajstić information content (AvgIpc) is 3.20. The van der Waals surface area contributed by atoms with Crippen molar-refractivity contribution >= 4 is 41.1 Å². The Morgan fingerprint density at radius 3 is 2.71 bits per heavy atom. The van der Waals surface area contributed by atoms with Crippen molar-refractivity contribution in [1.29, 1.82) is 0 Å². The molecule has 2 N–H and O–H groups in total. The second-order valence-electron chi connectivity index (χ2n) is 7.09. The summed E-state index contributed by atoms with van der Waals surface area (Å²) < 4.78 is 4.94. The molecule has 1 heterocycles. The van der Waals surface area contributed by atoms with Crippen LogP contribution in [0.4, 0.5) is 10.5 Å². The fourth-order valence-electron chi connectivity index (χ4n) is 3.53. The molecule has 2 fully saturated rings. The van der Waals surface area contributed by atoms with E-state index in [1.807, 2.05) is 6.92 Å². The molecule has 2 aliphatic rings. The molecule has 1 aromatic carbocycles. The second kappa shape index (κ2) is 8.18. The maximum Gasteiger partial charge on any atom is 0.325 e. The number of nitrogens with zero attached hydrogens (tertiary/aromatic N) is 1. The zero-order valence-electron chi connectivity index (χ0n) is 15.5. The number of hydrogen-bond acceptors (Lipinski definition) is 5. The largest absolute Gasteiger partial charge is 0.456 e. The topological polar surface area (TPSA) is 105 Å². The Morgan fingerprint density at radius 2 is 2.00 bits per heavy atom. The van der Waals surface area contributed by atoms with Crippen LogP contribution in [0.3, 0.4) is 0 Å². The number of esters is 1. The molecular formula is C19H22ClN3O5. The number of imide groups is 1. The summed E-state index contributed by atoms with van der Waals surface area (Å²) in [7, 11) is 0. The minimum absolute atomic E-state index is 0.0692. The number of carbonyl (C=O) groups is 4. The number of halogens is 1. The molecule has 1 spiro atoms. The van der Waals surface area contributed by atoms with Crippen LogP contribution in [-0.4, -0.2) is 47.4 Å². The number of aryl methyl sites for hydroxylation is 1. The molecule has 150 valence electrons. The summed E-state index contributed by atoms with van der Waals surface area (Å²) >= 11 is 5.90. The predicted octanol–water partition coefficient (Wildman–Crippen LogP) is 2.38. The van der Waals surface area contributed by atoms with E-state index in [9.17, 15) is 19.2 Å². The Labute approximate surface area is 167 Å². The van der Waals surface area contributed by atoms with Gasteiger partial charge in [-0.1, -0.05) is 30.5 Å². The molecule has 1 saturated carbocycles. The first kappa shape index (κ1) is 20.1. The van der Waals surface area contributed by atoms with Crippen LogP contribution in [0.2, 0.25) is 5.02 Å². The van der Waals surface area contributed by atoms with Crippen LogP contribution in [0.15, 0.2) is 18.2 Å². The molecule has 4 amide bonds. The molecule has 1 saturated heterocycles. The van der Waals surface area contributed by atoms with Crippen LogP contribution in [0.1, 0.15) is 37.7 Å². The van der Waals surface area contributed by atoms with E-state index >= 15 is 0 Å². The normalized spacial score (nSPS) is 17.7. The average molecular weight is 408 g/mol. The third kappa shape index (κ3) is 4.27. The van der Waals surface area contributed by atoms with Gasteiger partial charge in [0.1, 0.15) is 5.54 Å². The number of hydrogen-bond donors (Lipinski definition) is 2. The van der Waals surface area contributed by atoms with Gasteiger partial charge in [-0.2, -0.15) is 0 Å². The van der Waals surface area contributed by atoms with Crippen molar-refractivity contribution in [2.45, 2.75) is 44.6 Å². The maximum absolute atomic E-state index is 12.5. The smallest absolute Gasteiger partial charge is 0.325 e. The molecule has 0 bridgehead atoms. The van der Waals surface area contributed by atoms with Crippen LogP contribution < -0.4 is 10.6 Å². The minimum atomic E-state index is -0.796. The van der Waals surface area contributed by atoms with Gasteiger partial charge in [-0.3, -0.25) is 19.3 Å². The van der Waals surface area contributed by atoms with Crippen LogP contribution in [0.25, 0.3) is 0 Å². The summed E-state index contributed by atoms with van der Waals surface area (Å²) in [6.07, 6.45) is 2.87. The van der Waals surface area contributed by atoms with Gasteiger partial charge in [0.15, 0.2) is 6.61 Å². The fourth-order valence-corrected chi connectivity index (χ4v) is 3.71. The van der Waals surface area contributed by atoms with Crippen LogP contribution in [0.5, 0.6) is 0 Å². The molecule has 1 aliphatic carbocycles. The first-order valence-electron chi connectivity index (χ1n) is 9.16. The lowest BCUT2D eigenvalue weighted by Gasteiger charge is -2.19. The lowest BCUT2D eigenvalue weighted by atomic mass is 9.98. The van der Waals surface area contributed by atoms with E-state index in [1.54, 1.807) is 18.2 Å². The number of benzene rings is 1. The first-order valence-corrected chi connectivity index (χ1v) is 9.54. The lowest BCUT2D eigenvalue weighted by Crippen LogP contribution is -2.44. The van der Waals surface area contributed by atoms with Gasteiger partial charge in [-0.05, 0) is 37.5 Å². The highest BCUT2D eigenvalue weighted by Gasteiger charge is 2.52. The lowest BCUT2D eigenvalue weighted by molar-refractivity contribution is -0.147. The van der Waals surface area contributed by atoms with E-state index in [-0.39, 0.29) is 18.9 Å². The van der Waals surface area contributed by atoms with Crippen LogP contribution in [0, 0.1) is 6.92 Å². The molecule has 0 aromatic heterocycles. The number of urea groups is 1. The quantitative estimate of drug-likeness (QED) is 0.556. The maximum atomic E-state index is 12.5. The molecule has 1 aromatic rings. The summed E-state index contributed by atoms with van der Waals surface area (Å²) in [6.45, 7) is 1.28. The highest BCUT2D eigenvalue weighted by Crippen LogP contribution is 2.35. The Balaban J connectivity index is 1.44. The number of anilines is 1. The van der Waals surface area contributed by atoms with Crippen molar-refractivity contribution in [2.75, 3.05) is 18.5 Å². The van der Waals surface area contributed by atoms with Gasteiger partial charge in [0.05, 0.1) is 6.42 Å². The third-order valence-electron chi connectivity index (χ3n) is 5.08. The zero-order chi connectivity index (χ0) is 20.3. The van der Waals surface area contributed by atoms with E-state index in [4.69, 9.17) is 16.3 Å². The van der Waals surface area contributed by atoms with Gasteiger partial charge in [0.2, 0.25) is 0 Å². The van der Waals surface area contributed by atoms with Gasteiger partial charge in [0.25, 0.3) is 11.8 Å². The summed E-state index contributed by atoms with van der Waals surface area (Å²) in [4.78, 5) is 49.5. The molecule has 0 atom stereocenters. The van der Waals surface area contributed by atoms with Gasteiger partial charge < -0.3 is 15.4 Å². The number of rotatable bonds is 6. The van der Waals surface area contributed by atoms with Crippen molar-refractivity contribution in [1.82, 2.24) is 10.2 Å².